The summed E-state index contributed by atoms with van der Waals surface area (Å²) >= 11 is 0. The molecule has 0 unspecified atom stereocenters. The van der Waals surface area contributed by atoms with E-state index in [0.717, 1.165) is 49.2 Å². The highest BCUT2D eigenvalue weighted by Gasteiger charge is 2.24. The van der Waals surface area contributed by atoms with Crippen LogP contribution in [0.15, 0.2) is 103 Å². The molecule has 7 heteroatoms. The number of rotatable bonds is 9. The van der Waals surface area contributed by atoms with Gasteiger partial charge < -0.3 is 20.9 Å². The summed E-state index contributed by atoms with van der Waals surface area (Å²) < 4.78 is 13.3. The van der Waals surface area contributed by atoms with Gasteiger partial charge in [-0.1, -0.05) is 72.8 Å². The van der Waals surface area contributed by atoms with Crippen LogP contribution in [0.25, 0.3) is 0 Å². The summed E-state index contributed by atoms with van der Waals surface area (Å²) in [5, 5.41) is 8.69. The Bertz CT molecular complexity index is 1440. The van der Waals surface area contributed by atoms with Crippen molar-refractivity contribution in [1.29, 1.82) is 0 Å². The average Bonchev–Trinajstić information content (AvgIpc) is 3.01. The van der Waals surface area contributed by atoms with E-state index in [9.17, 15) is 14.0 Å². The molecule has 1 aliphatic heterocycles. The third-order valence-corrected chi connectivity index (χ3v) is 7.48. The minimum atomic E-state index is -0.346. The van der Waals surface area contributed by atoms with E-state index >= 15 is 0 Å². The lowest BCUT2D eigenvalue weighted by Crippen LogP contribution is -2.36. The number of amides is 3. The zero-order valence-electron chi connectivity index (χ0n) is 23.0. The number of urea groups is 1. The molecular formula is C34H35FN4O2. The Labute approximate surface area is 240 Å². The third-order valence-electron chi connectivity index (χ3n) is 7.48. The highest BCUT2D eigenvalue weighted by molar-refractivity contribution is 6.02. The standard InChI is InChI=1S/C34H35FN4O2/c35-29-13-11-28(12-14-29)23-36-33(40)31-22-30(38-34(41)37-24-27-9-5-2-6-10-27)15-16-32(31)39-19-17-26(18-20-39)21-25-7-3-1-4-8-25/h1-16,22,26H,17-21,23-24H2,(H,36,40)(H2,37,38,41). The van der Waals surface area contributed by atoms with Gasteiger partial charge in [-0.2, -0.15) is 0 Å². The molecule has 0 bridgehead atoms. The maximum absolute atomic E-state index is 13.5. The van der Waals surface area contributed by atoms with E-state index < -0.39 is 0 Å². The number of hydrogen-bond acceptors (Lipinski definition) is 3. The molecule has 0 atom stereocenters. The summed E-state index contributed by atoms with van der Waals surface area (Å²) in [5.74, 6) is 0.0325. The number of halogens is 1. The quantitative estimate of drug-likeness (QED) is 0.222. The van der Waals surface area contributed by atoms with Crippen LogP contribution >= 0.6 is 0 Å². The molecule has 1 fully saturated rings. The number of benzene rings is 4. The van der Waals surface area contributed by atoms with E-state index in [1.165, 1.54) is 17.7 Å². The summed E-state index contributed by atoms with van der Waals surface area (Å²) in [6, 6.07) is 31.4. The first-order valence-corrected chi connectivity index (χ1v) is 14.1. The Balaban J connectivity index is 1.27. The molecule has 6 nitrogen and oxygen atoms in total. The van der Waals surface area contributed by atoms with Crippen LogP contribution in [0.1, 0.15) is 39.9 Å². The maximum Gasteiger partial charge on any atom is 0.319 e. The second-order valence-corrected chi connectivity index (χ2v) is 10.5. The fraction of sp³-hybridized carbons (Fsp3) is 0.235. The van der Waals surface area contributed by atoms with Crippen molar-refractivity contribution in [3.63, 3.8) is 0 Å². The molecule has 0 aliphatic carbocycles. The Hall–Kier alpha value is -4.65. The lowest BCUT2D eigenvalue weighted by Gasteiger charge is -2.35. The molecule has 41 heavy (non-hydrogen) atoms. The van der Waals surface area contributed by atoms with Crippen LogP contribution in [0.5, 0.6) is 0 Å². The van der Waals surface area contributed by atoms with Gasteiger partial charge >= 0.3 is 6.03 Å². The predicted molar refractivity (Wildman–Crippen MR) is 161 cm³/mol. The van der Waals surface area contributed by atoms with E-state index in [2.05, 4.69) is 45.1 Å². The van der Waals surface area contributed by atoms with E-state index in [1.54, 1.807) is 18.2 Å². The van der Waals surface area contributed by atoms with Crippen LogP contribution < -0.4 is 20.9 Å². The highest BCUT2D eigenvalue weighted by atomic mass is 19.1. The van der Waals surface area contributed by atoms with Crippen LogP contribution in [-0.2, 0) is 19.5 Å². The first kappa shape index (κ1) is 27.9. The van der Waals surface area contributed by atoms with Crippen LogP contribution in [0, 0.1) is 11.7 Å². The van der Waals surface area contributed by atoms with Gasteiger partial charge in [0.2, 0.25) is 0 Å². The second kappa shape index (κ2) is 13.6. The zero-order chi connectivity index (χ0) is 28.4. The monoisotopic (exact) mass is 550 g/mol. The minimum absolute atomic E-state index is 0.246. The molecule has 0 spiro atoms. The van der Waals surface area contributed by atoms with Gasteiger partial charge in [-0.25, -0.2) is 9.18 Å². The number of nitrogens with zero attached hydrogens (tertiary/aromatic N) is 1. The van der Waals surface area contributed by atoms with Crippen molar-refractivity contribution in [2.24, 2.45) is 5.92 Å². The molecule has 3 N–H and O–H groups in total. The van der Waals surface area contributed by atoms with Gasteiger partial charge in [-0.3, -0.25) is 4.79 Å². The van der Waals surface area contributed by atoms with E-state index in [-0.39, 0.29) is 24.3 Å². The fourth-order valence-corrected chi connectivity index (χ4v) is 5.23. The maximum atomic E-state index is 13.5. The summed E-state index contributed by atoms with van der Waals surface area (Å²) in [5.41, 5.74) is 5.02. The number of anilines is 2. The molecule has 1 aliphatic rings. The SMILES string of the molecule is O=C(NCc1ccccc1)Nc1ccc(N2CCC(Cc3ccccc3)CC2)c(C(=O)NCc2ccc(F)cc2)c1. The topological polar surface area (TPSA) is 73.5 Å². The van der Waals surface area contributed by atoms with Crippen LogP contribution in [0.3, 0.4) is 0 Å². The second-order valence-electron chi connectivity index (χ2n) is 10.5. The molecular weight excluding hydrogens is 515 g/mol. The zero-order valence-corrected chi connectivity index (χ0v) is 23.0. The van der Waals surface area contributed by atoms with Gasteiger partial charge in [0.15, 0.2) is 0 Å². The molecule has 1 heterocycles. The van der Waals surface area contributed by atoms with Crippen molar-refractivity contribution < 1.29 is 14.0 Å². The smallest absolute Gasteiger partial charge is 0.319 e. The van der Waals surface area contributed by atoms with Gasteiger partial charge in [0.05, 0.1) is 5.56 Å². The van der Waals surface area contributed by atoms with Gasteiger partial charge in [-0.15, -0.1) is 0 Å². The Kier molecular flexibility index (Phi) is 9.26. The van der Waals surface area contributed by atoms with Crippen LogP contribution in [0.2, 0.25) is 0 Å². The van der Waals surface area contributed by atoms with Crippen molar-refractivity contribution in [1.82, 2.24) is 10.6 Å². The van der Waals surface area contributed by atoms with Crippen molar-refractivity contribution in [2.75, 3.05) is 23.3 Å². The summed E-state index contributed by atoms with van der Waals surface area (Å²) in [6.07, 6.45) is 3.13. The molecule has 0 aromatic heterocycles. The van der Waals surface area contributed by atoms with E-state index in [1.807, 2.05) is 48.5 Å². The summed E-state index contributed by atoms with van der Waals surface area (Å²) in [7, 11) is 0. The van der Waals surface area contributed by atoms with Crippen molar-refractivity contribution >= 4 is 23.3 Å². The Morgan fingerprint density at radius 3 is 2.02 bits per heavy atom. The first-order chi connectivity index (χ1) is 20.0. The number of carbonyl (C=O) groups is 2. The third kappa shape index (κ3) is 7.94. The fourth-order valence-electron chi connectivity index (χ4n) is 5.23. The van der Waals surface area contributed by atoms with Gasteiger partial charge in [-0.05, 0) is 72.2 Å². The number of carbonyl (C=O) groups excluding carboxylic acids is 2. The summed E-state index contributed by atoms with van der Waals surface area (Å²) in [6.45, 7) is 2.36. The normalized spacial score (nSPS) is 13.4. The molecule has 1 saturated heterocycles. The van der Waals surface area contributed by atoms with Crippen molar-refractivity contribution in [2.45, 2.75) is 32.4 Å². The molecule has 4 aromatic rings. The molecule has 0 saturated carbocycles. The largest absolute Gasteiger partial charge is 0.371 e. The number of hydrogen-bond donors (Lipinski definition) is 3. The van der Waals surface area contributed by atoms with E-state index in [0.29, 0.717) is 23.7 Å². The summed E-state index contributed by atoms with van der Waals surface area (Å²) in [4.78, 5) is 28.3. The lowest BCUT2D eigenvalue weighted by molar-refractivity contribution is 0.0951. The molecule has 3 amide bonds. The lowest BCUT2D eigenvalue weighted by atomic mass is 9.89. The van der Waals surface area contributed by atoms with Crippen molar-refractivity contribution in [3.8, 4) is 0 Å². The van der Waals surface area contributed by atoms with Gasteiger partial charge in [0.1, 0.15) is 5.82 Å². The minimum Gasteiger partial charge on any atom is -0.371 e. The van der Waals surface area contributed by atoms with E-state index in [4.69, 9.17) is 0 Å². The van der Waals surface area contributed by atoms with Crippen LogP contribution in [-0.4, -0.2) is 25.0 Å². The number of piperidine rings is 1. The Morgan fingerprint density at radius 2 is 1.34 bits per heavy atom. The van der Waals surface area contributed by atoms with Gasteiger partial charge in [0, 0.05) is 37.6 Å². The first-order valence-electron chi connectivity index (χ1n) is 14.1. The molecule has 5 rings (SSSR count). The Morgan fingerprint density at radius 1 is 0.732 bits per heavy atom. The highest BCUT2D eigenvalue weighted by Crippen LogP contribution is 2.30. The average molecular weight is 551 g/mol. The molecule has 4 aromatic carbocycles. The van der Waals surface area contributed by atoms with Gasteiger partial charge in [0.25, 0.3) is 5.91 Å². The van der Waals surface area contributed by atoms with Crippen molar-refractivity contribution in [3.05, 3.63) is 131 Å². The van der Waals surface area contributed by atoms with Crippen LogP contribution in [0.4, 0.5) is 20.6 Å². The molecule has 0 radical (unpaired) electrons. The number of nitrogens with one attached hydrogen (secondary N) is 3. The predicted octanol–water partition coefficient (Wildman–Crippen LogP) is 6.54. The molecule has 210 valence electrons.